The summed E-state index contributed by atoms with van der Waals surface area (Å²) in [4.78, 5) is 10.9. The van der Waals surface area contributed by atoms with Crippen LogP contribution in [-0.2, 0) is 20.1 Å². The number of rotatable bonds is 5. The van der Waals surface area contributed by atoms with Gasteiger partial charge in [0.05, 0.1) is 26.4 Å². The van der Waals surface area contributed by atoms with Crippen LogP contribution in [0.25, 0.3) is 0 Å². The number of carboxylic acid groups (broad SMARTS) is 1. The van der Waals surface area contributed by atoms with Crippen LogP contribution in [0.3, 0.4) is 0 Å². The molecule has 0 aliphatic carbocycles. The van der Waals surface area contributed by atoms with Crippen molar-refractivity contribution in [3.8, 4) is 5.75 Å². The number of aryl methyl sites for hydroxylation is 2. The van der Waals surface area contributed by atoms with Gasteiger partial charge in [-0.2, -0.15) is 5.10 Å². The molecule has 0 atom stereocenters. The first kappa shape index (κ1) is 15.9. The third-order valence-electron chi connectivity index (χ3n) is 3.05. The predicted octanol–water partition coefficient (Wildman–Crippen LogP) is 3.68. The third kappa shape index (κ3) is 3.39. The number of aromatic carboxylic acids is 1. The van der Waals surface area contributed by atoms with Crippen molar-refractivity contribution in [1.82, 2.24) is 9.78 Å². The molecule has 0 amide bonds. The van der Waals surface area contributed by atoms with Crippen molar-refractivity contribution in [2.24, 2.45) is 7.05 Å². The summed E-state index contributed by atoms with van der Waals surface area (Å²) < 4.78 is 8.34. The largest absolute Gasteiger partial charge is 0.486 e. The Morgan fingerprint density at radius 3 is 2.76 bits per heavy atom. The van der Waals surface area contributed by atoms with Gasteiger partial charge in [0.25, 0.3) is 0 Å². The lowest BCUT2D eigenvalue weighted by Gasteiger charge is -2.09. The van der Waals surface area contributed by atoms with Crippen LogP contribution < -0.4 is 4.74 Å². The van der Waals surface area contributed by atoms with Crippen molar-refractivity contribution in [1.29, 1.82) is 0 Å². The highest BCUT2D eigenvalue weighted by Crippen LogP contribution is 2.28. The molecule has 0 aliphatic rings. The molecule has 2 rings (SSSR count). The van der Waals surface area contributed by atoms with Crippen molar-refractivity contribution >= 4 is 33.5 Å². The fourth-order valence-corrected chi connectivity index (χ4v) is 2.84. The van der Waals surface area contributed by atoms with Gasteiger partial charge in [0.2, 0.25) is 0 Å². The van der Waals surface area contributed by atoms with E-state index in [2.05, 4.69) is 21.0 Å². The molecule has 0 unspecified atom stereocenters. The molecule has 5 nitrogen and oxygen atoms in total. The van der Waals surface area contributed by atoms with E-state index in [9.17, 15) is 4.79 Å². The molecule has 0 radical (unpaired) electrons. The van der Waals surface area contributed by atoms with Crippen LogP contribution in [0.2, 0.25) is 5.02 Å². The molecule has 1 N–H and O–H groups in total. The first-order valence-corrected chi connectivity index (χ1v) is 7.47. The maximum Gasteiger partial charge on any atom is 0.335 e. The van der Waals surface area contributed by atoms with Gasteiger partial charge in [0.15, 0.2) is 0 Å². The average molecular weight is 374 g/mol. The quantitative estimate of drug-likeness (QED) is 0.868. The van der Waals surface area contributed by atoms with E-state index in [4.69, 9.17) is 21.4 Å². The van der Waals surface area contributed by atoms with E-state index in [-0.39, 0.29) is 17.2 Å². The van der Waals surface area contributed by atoms with Gasteiger partial charge in [-0.25, -0.2) is 4.79 Å². The van der Waals surface area contributed by atoms with Gasteiger partial charge in [-0.15, -0.1) is 0 Å². The Morgan fingerprint density at radius 1 is 1.52 bits per heavy atom. The normalized spacial score (nSPS) is 10.7. The molecule has 1 aromatic heterocycles. The standard InChI is InChI=1S/C14H14BrClN2O3/c1-3-10-13(15)11(18(2)17-10)7-21-12-5-4-8(14(19)20)6-9(12)16/h4-6H,3,7H2,1-2H3,(H,19,20). The number of nitrogens with zero attached hydrogens (tertiary/aromatic N) is 2. The highest BCUT2D eigenvalue weighted by Gasteiger charge is 2.14. The number of carbonyl (C=O) groups is 1. The van der Waals surface area contributed by atoms with Crippen molar-refractivity contribution < 1.29 is 14.6 Å². The van der Waals surface area contributed by atoms with Gasteiger partial charge in [-0.3, -0.25) is 4.68 Å². The SMILES string of the molecule is CCc1nn(C)c(COc2ccc(C(=O)O)cc2Cl)c1Br. The molecule has 1 aromatic carbocycles. The summed E-state index contributed by atoms with van der Waals surface area (Å²) in [7, 11) is 1.84. The Balaban J connectivity index is 2.17. The number of halogens is 2. The van der Waals surface area contributed by atoms with Gasteiger partial charge in [0.1, 0.15) is 12.4 Å². The Kier molecular flexibility index (Phi) is 4.90. The lowest BCUT2D eigenvalue weighted by atomic mass is 10.2. The summed E-state index contributed by atoms with van der Waals surface area (Å²) in [6.07, 6.45) is 0.822. The maximum absolute atomic E-state index is 10.9. The molecule has 7 heteroatoms. The zero-order chi connectivity index (χ0) is 15.6. The number of carboxylic acids is 1. The van der Waals surface area contributed by atoms with E-state index in [0.29, 0.717) is 5.75 Å². The summed E-state index contributed by atoms with van der Waals surface area (Å²) in [5, 5.41) is 13.5. The molecular formula is C14H14BrClN2O3. The van der Waals surface area contributed by atoms with Crippen LogP contribution in [0, 0.1) is 0 Å². The number of hydrogen-bond donors (Lipinski definition) is 1. The highest BCUT2D eigenvalue weighted by atomic mass is 79.9. The predicted molar refractivity (Wildman–Crippen MR) is 83.0 cm³/mol. The first-order chi connectivity index (χ1) is 9.93. The smallest absolute Gasteiger partial charge is 0.335 e. The Hall–Kier alpha value is -1.53. The fraction of sp³-hybridized carbons (Fsp3) is 0.286. The summed E-state index contributed by atoms with van der Waals surface area (Å²) >= 11 is 9.54. The first-order valence-electron chi connectivity index (χ1n) is 6.30. The van der Waals surface area contributed by atoms with E-state index in [1.165, 1.54) is 12.1 Å². The molecule has 0 spiro atoms. The molecule has 1 heterocycles. The number of aromatic nitrogens is 2. The van der Waals surface area contributed by atoms with Crippen LogP contribution >= 0.6 is 27.5 Å². The molecule has 0 fully saturated rings. The minimum absolute atomic E-state index is 0.127. The lowest BCUT2D eigenvalue weighted by Crippen LogP contribution is -2.04. The Bertz CT molecular complexity index is 685. The minimum atomic E-state index is -1.02. The van der Waals surface area contributed by atoms with E-state index < -0.39 is 5.97 Å². The molecule has 21 heavy (non-hydrogen) atoms. The Morgan fingerprint density at radius 2 is 2.24 bits per heavy atom. The van der Waals surface area contributed by atoms with Crippen molar-refractivity contribution in [2.75, 3.05) is 0 Å². The average Bonchev–Trinajstić information content (AvgIpc) is 2.72. The van der Waals surface area contributed by atoms with Crippen LogP contribution in [0.15, 0.2) is 22.7 Å². The highest BCUT2D eigenvalue weighted by molar-refractivity contribution is 9.10. The van der Waals surface area contributed by atoms with E-state index >= 15 is 0 Å². The Labute approximate surface area is 135 Å². The molecule has 0 aliphatic heterocycles. The van der Waals surface area contributed by atoms with Crippen LogP contribution in [0.5, 0.6) is 5.75 Å². The topological polar surface area (TPSA) is 64.4 Å². The molecule has 0 bridgehead atoms. The summed E-state index contributed by atoms with van der Waals surface area (Å²) in [5.74, 6) is -0.585. The van der Waals surface area contributed by atoms with E-state index in [1.807, 2.05) is 14.0 Å². The van der Waals surface area contributed by atoms with Gasteiger partial charge < -0.3 is 9.84 Å². The fourth-order valence-electron chi connectivity index (χ4n) is 1.87. The monoisotopic (exact) mass is 372 g/mol. The molecule has 112 valence electrons. The second-order valence-electron chi connectivity index (χ2n) is 4.42. The van der Waals surface area contributed by atoms with Crippen molar-refractivity contribution in [2.45, 2.75) is 20.0 Å². The third-order valence-corrected chi connectivity index (χ3v) is 4.26. The molecule has 0 saturated heterocycles. The number of hydrogen-bond acceptors (Lipinski definition) is 3. The summed E-state index contributed by atoms with van der Waals surface area (Å²) in [6, 6.07) is 4.38. The zero-order valence-electron chi connectivity index (χ0n) is 11.6. The van der Waals surface area contributed by atoms with Crippen molar-refractivity contribution in [3.05, 3.63) is 44.6 Å². The van der Waals surface area contributed by atoms with Gasteiger partial charge in [-0.1, -0.05) is 18.5 Å². The molecule has 0 saturated carbocycles. The van der Waals surface area contributed by atoms with E-state index in [1.54, 1.807) is 10.7 Å². The summed E-state index contributed by atoms with van der Waals surface area (Å²) in [6.45, 7) is 2.31. The second kappa shape index (κ2) is 6.49. The van der Waals surface area contributed by atoms with E-state index in [0.717, 1.165) is 22.3 Å². The zero-order valence-corrected chi connectivity index (χ0v) is 13.9. The number of benzene rings is 1. The maximum atomic E-state index is 10.9. The minimum Gasteiger partial charge on any atom is -0.486 e. The van der Waals surface area contributed by atoms with Gasteiger partial charge in [-0.05, 0) is 40.5 Å². The second-order valence-corrected chi connectivity index (χ2v) is 5.62. The van der Waals surface area contributed by atoms with Crippen LogP contribution in [0.1, 0.15) is 28.7 Å². The van der Waals surface area contributed by atoms with Crippen LogP contribution in [0.4, 0.5) is 0 Å². The molecule has 2 aromatic rings. The van der Waals surface area contributed by atoms with Gasteiger partial charge >= 0.3 is 5.97 Å². The van der Waals surface area contributed by atoms with Crippen molar-refractivity contribution in [3.63, 3.8) is 0 Å². The number of ether oxygens (including phenoxy) is 1. The van der Waals surface area contributed by atoms with Crippen LogP contribution in [-0.4, -0.2) is 20.9 Å². The molecular weight excluding hydrogens is 360 g/mol. The summed E-state index contributed by atoms with van der Waals surface area (Å²) in [5.41, 5.74) is 1.98. The van der Waals surface area contributed by atoms with Gasteiger partial charge in [0, 0.05) is 7.05 Å². The lowest BCUT2D eigenvalue weighted by molar-refractivity contribution is 0.0697.